The van der Waals surface area contributed by atoms with Crippen molar-refractivity contribution in [2.45, 2.75) is 59.0 Å². The third-order valence-electron chi connectivity index (χ3n) is 5.25. The average Bonchev–Trinajstić information content (AvgIpc) is 2.75. The Kier molecular flexibility index (Phi) is 6.65. The number of nitrogens with zero attached hydrogens (tertiary/aromatic N) is 4. The molecule has 0 aromatic carbocycles. The molecule has 1 saturated heterocycles. The molecule has 0 spiro atoms. The minimum absolute atomic E-state index is 0.00684. The Morgan fingerprint density at radius 3 is 2.53 bits per heavy atom. The van der Waals surface area contributed by atoms with Gasteiger partial charge in [-0.05, 0) is 65.0 Å². The first kappa shape index (κ1) is 23.8. The highest BCUT2D eigenvalue weighted by Crippen LogP contribution is 2.26. The van der Waals surface area contributed by atoms with Crippen LogP contribution >= 0.6 is 0 Å². The molecule has 0 radical (unpaired) electrons. The molecule has 3 aromatic rings. The van der Waals surface area contributed by atoms with Crippen molar-refractivity contribution in [3.8, 4) is 11.4 Å². The van der Waals surface area contributed by atoms with E-state index in [0.717, 1.165) is 5.39 Å². The number of nitrogens with one attached hydrogen (secondary N) is 1. The lowest BCUT2D eigenvalue weighted by Gasteiger charge is -2.36. The fraction of sp³-hybridized carbons (Fsp3) is 0.440. The van der Waals surface area contributed by atoms with Gasteiger partial charge < -0.3 is 19.7 Å². The number of amides is 1. The van der Waals surface area contributed by atoms with Crippen molar-refractivity contribution in [3.63, 3.8) is 0 Å². The van der Waals surface area contributed by atoms with Crippen LogP contribution in [0.1, 0.15) is 40.3 Å². The van der Waals surface area contributed by atoms with Gasteiger partial charge in [-0.15, -0.1) is 0 Å². The zero-order valence-corrected chi connectivity index (χ0v) is 20.1. The summed E-state index contributed by atoms with van der Waals surface area (Å²) in [6, 6.07) is 8.62. The van der Waals surface area contributed by atoms with Crippen LogP contribution in [0, 0.1) is 5.82 Å². The van der Waals surface area contributed by atoms with Gasteiger partial charge in [-0.1, -0.05) is 0 Å². The number of anilines is 1. The van der Waals surface area contributed by atoms with Crippen LogP contribution in [0.5, 0.6) is 0 Å². The molecule has 34 heavy (non-hydrogen) atoms. The Balaban J connectivity index is 1.57. The molecule has 180 valence electrons. The topological polar surface area (TPSA) is 89.5 Å². The first-order valence-corrected chi connectivity index (χ1v) is 11.4. The standard InChI is InChI=1S/C25H30FN5O3/c1-15-13-31(14-16(2)33-15)23-19(26)7-9-21(30-23)20-8-6-17-11-27-18(10-22(17)29-20)12-28-24(32)34-25(3,4)5/h6-11,15-16H,12-14H2,1-5H3,(H,28,32)/t15-,16+. The predicted molar refractivity (Wildman–Crippen MR) is 128 cm³/mol. The first-order valence-electron chi connectivity index (χ1n) is 11.4. The van der Waals surface area contributed by atoms with E-state index in [4.69, 9.17) is 14.5 Å². The van der Waals surface area contributed by atoms with Gasteiger partial charge in [0.1, 0.15) is 5.60 Å². The molecule has 1 aliphatic heterocycles. The largest absolute Gasteiger partial charge is 0.444 e. The Morgan fingerprint density at radius 2 is 1.82 bits per heavy atom. The first-order chi connectivity index (χ1) is 16.1. The molecule has 1 fully saturated rings. The normalized spacial score (nSPS) is 18.7. The van der Waals surface area contributed by atoms with E-state index in [9.17, 15) is 9.18 Å². The smallest absolute Gasteiger partial charge is 0.407 e. The SMILES string of the molecule is C[C@@H]1CN(c2nc(-c3ccc4cnc(CNC(=O)OC(C)(C)C)cc4n3)ccc2F)C[C@H](C)O1. The number of pyridine rings is 3. The zero-order valence-electron chi connectivity index (χ0n) is 20.1. The minimum atomic E-state index is -0.574. The van der Waals surface area contributed by atoms with E-state index < -0.39 is 11.7 Å². The number of fused-ring (bicyclic) bond motifs is 1. The summed E-state index contributed by atoms with van der Waals surface area (Å²) < 4.78 is 25.7. The van der Waals surface area contributed by atoms with Crippen molar-refractivity contribution in [1.29, 1.82) is 0 Å². The number of ether oxygens (including phenoxy) is 2. The molecule has 2 atom stereocenters. The van der Waals surface area contributed by atoms with E-state index in [1.165, 1.54) is 6.07 Å². The van der Waals surface area contributed by atoms with Crippen LogP contribution in [0.4, 0.5) is 15.0 Å². The van der Waals surface area contributed by atoms with Gasteiger partial charge in [0.25, 0.3) is 0 Å². The second kappa shape index (κ2) is 9.50. The summed E-state index contributed by atoms with van der Waals surface area (Å²) in [6.45, 7) is 10.7. The Labute approximate surface area is 198 Å². The number of hydrogen-bond acceptors (Lipinski definition) is 7. The van der Waals surface area contributed by atoms with Gasteiger partial charge in [-0.25, -0.2) is 19.2 Å². The fourth-order valence-electron chi connectivity index (χ4n) is 3.92. The van der Waals surface area contributed by atoms with E-state index in [-0.39, 0.29) is 24.6 Å². The number of aromatic nitrogens is 3. The van der Waals surface area contributed by atoms with Crippen molar-refractivity contribution in [3.05, 3.63) is 48.0 Å². The molecule has 1 amide bonds. The van der Waals surface area contributed by atoms with Crippen LogP contribution < -0.4 is 10.2 Å². The molecule has 0 unspecified atom stereocenters. The highest BCUT2D eigenvalue weighted by Gasteiger charge is 2.25. The Bertz CT molecular complexity index is 1190. The van der Waals surface area contributed by atoms with Crippen LogP contribution in [0.25, 0.3) is 22.3 Å². The molecule has 1 aliphatic rings. The van der Waals surface area contributed by atoms with E-state index in [1.807, 2.05) is 36.9 Å². The minimum Gasteiger partial charge on any atom is -0.444 e. The average molecular weight is 468 g/mol. The van der Waals surface area contributed by atoms with Crippen LogP contribution in [0.15, 0.2) is 36.5 Å². The van der Waals surface area contributed by atoms with E-state index >= 15 is 0 Å². The summed E-state index contributed by atoms with van der Waals surface area (Å²) in [5.74, 6) is -0.0658. The molecule has 9 heteroatoms. The summed E-state index contributed by atoms with van der Waals surface area (Å²) >= 11 is 0. The summed E-state index contributed by atoms with van der Waals surface area (Å²) in [5.41, 5.74) is 1.98. The van der Waals surface area contributed by atoms with Crippen molar-refractivity contribution in [2.75, 3.05) is 18.0 Å². The number of alkyl carbamates (subject to hydrolysis) is 1. The Hall–Kier alpha value is -3.33. The number of halogens is 1. The maximum absolute atomic E-state index is 14.7. The van der Waals surface area contributed by atoms with E-state index in [1.54, 1.807) is 33.0 Å². The van der Waals surface area contributed by atoms with Crippen LogP contribution in [-0.4, -0.2) is 51.9 Å². The van der Waals surface area contributed by atoms with E-state index in [0.29, 0.717) is 41.5 Å². The molecule has 0 aliphatic carbocycles. The van der Waals surface area contributed by atoms with Crippen molar-refractivity contribution in [1.82, 2.24) is 20.3 Å². The maximum Gasteiger partial charge on any atom is 0.407 e. The van der Waals surface area contributed by atoms with Gasteiger partial charge in [-0.2, -0.15) is 0 Å². The lowest BCUT2D eigenvalue weighted by Crippen LogP contribution is -2.46. The molecule has 0 bridgehead atoms. The fourth-order valence-corrected chi connectivity index (χ4v) is 3.92. The second-order valence-corrected chi connectivity index (χ2v) is 9.58. The third kappa shape index (κ3) is 5.77. The van der Waals surface area contributed by atoms with Crippen LogP contribution in [0.3, 0.4) is 0 Å². The number of rotatable bonds is 4. The van der Waals surface area contributed by atoms with Gasteiger partial charge in [0.2, 0.25) is 0 Å². The molecule has 4 heterocycles. The Morgan fingerprint density at radius 1 is 1.15 bits per heavy atom. The summed E-state index contributed by atoms with van der Waals surface area (Å²) in [7, 11) is 0. The van der Waals surface area contributed by atoms with Gasteiger partial charge >= 0.3 is 6.09 Å². The molecule has 0 saturated carbocycles. The van der Waals surface area contributed by atoms with Crippen molar-refractivity contribution < 1.29 is 18.7 Å². The molecule has 8 nitrogen and oxygen atoms in total. The quantitative estimate of drug-likeness (QED) is 0.606. The highest BCUT2D eigenvalue weighted by atomic mass is 19.1. The zero-order chi connectivity index (χ0) is 24.5. The molecule has 1 N–H and O–H groups in total. The van der Waals surface area contributed by atoms with Crippen LogP contribution in [-0.2, 0) is 16.0 Å². The molecular weight excluding hydrogens is 437 g/mol. The summed E-state index contributed by atoms with van der Waals surface area (Å²) in [5, 5.41) is 3.55. The van der Waals surface area contributed by atoms with Crippen molar-refractivity contribution >= 4 is 22.8 Å². The molecule has 4 rings (SSSR count). The number of hydrogen-bond donors (Lipinski definition) is 1. The predicted octanol–water partition coefficient (Wildman–Crippen LogP) is 4.47. The van der Waals surface area contributed by atoms with Crippen molar-refractivity contribution in [2.24, 2.45) is 0 Å². The highest BCUT2D eigenvalue weighted by molar-refractivity contribution is 5.81. The summed E-state index contributed by atoms with van der Waals surface area (Å²) in [6.07, 6.45) is 1.18. The lowest BCUT2D eigenvalue weighted by atomic mass is 10.1. The molecular formula is C25H30FN5O3. The number of carbonyl (C=O) groups excluding carboxylic acids is 1. The number of carbonyl (C=O) groups is 1. The third-order valence-corrected chi connectivity index (χ3v) is 5.25. The second-order valence-electron chi connectivity index (χ2n) is 9.58. The van der Waals surface area contributed by atoms with E-state index in [2.05, 4.69) is 15.3 Å². The maximum atomic E-state index is 14.7. The lowest BCUT2D eigenvalue weighted by molar-refractivity contribution is -0.00565. The molecule has 3 aromatic heterocycles. The number of morpholine rings is 1. The van der Waals surface area contributed by atoms with Crippen LogP contribution in [0.2, 0.25) is 0 Å². The summed E-state index contributed by atoms with van der Waals surface area (Å²) in [4.78, 5) is 27.6. The van der Waals surface area contributed by atoms with Gasteiger partial charge in [0.15, 0.2) is 11.6 Å². The van der Waals surface area contributed by atoms with Gasteiger partial charge in [0, 0.05) is 24.7 Å². The monoisotopic (exact) mass is 467 g/mol. The van der Waals surface area contributed by atoms with Gasteiger partial charge in [-0.3, -0.25) is 4.98 Å². The van der Waals surface area contributed by atoms with Gasteiger partial charge in [0.05, 0.1) is 41.4 Å².